The summed E-state index contributed by atoms with van der Waals surface area (Å²) in [5.74, 6) is -3.10. The van der Waals surface area contributed by atoms with Gasteiger partial charge in [-0.3, -0.25) is 9.79 Å². The van der Waals surface area contributed by atoms with E-state index >= 15 is 0 Å². The van der Waals surface area contributed by atoms with Crippen LogP contribution in [0.4, 0.5) is 20.2 Å². The van der Waals surface area contributed by atoms with Gasteiger partial charge >= 0.3 is 0 Å². The first-order chi connectivity index (χ1) is 20.1. The molecule has 220 valence electrons. The van der Waals surface area contributed by atoms with E-state index < -0.39 is 5.92 Å². The number of rotatable bonds is 14. The number of nitrogens with zero attached hydrogens (tertiary/aromatic N) is 1. The number of unbranched alkanes of at least 4 members (excludes halogenated alkanes) is 1. The Morgan fingerprint density at radius 1 is 1.12 bits per heavy atom. The molecule has 0 aliphatic carbocycles. The van der Waals surface area contributed by atoms with Crippen LogP contribution in [0.3, 0.4) is 0 Å². The summed E-state index contributed by atoms with van der Waals surface area (Å²) in [6.07, 6.45) is 7.90. The summed E-state index contributed by atoms with van der Waals surface area (Å²) in [7, 11) is 0. The van der Waals surface area contributed by atoms with Gasteiger partial charge in [0.15, 0.2) is 5.78 Å². The van der Waals surface area contributed by atoms with Gasteiger partial charge in [0.05, 0.1) is 5.69 Å². The number of nitrogens with one attached hydrogen (secondary N) is 1. The lowest BCUT2D eigenvalue weighted by molar-refractivity contribution is 0.0180. The lowest BCUT2D eigenvalue weighted by atomic mass is 9.91. The summed E-state index contributed by atoms with van der Waals surface area (Å²) >= 11 is 0. The molecule has 1 aliphatic heterocycles. The fraction of sp³-hybridized carbons (Fsp3) is 0.314. The van der Waals surface area contributed by atoms with Gasteiger partial charge in [-0.05, 0) is 90.0 Å². The Bertz CT molecular complexity index is 1520. The molecule has 0 spiro atoms. The van der Waals surface area contributed by atoms with Gasteiger partial charge < -0.3 is 16.8 Å². The van der Waals surface area contributed by atoms with Crippen LogP contribution < -0.4 is 16.8 Å². The van der Waals surface area contributed by atoms with E-state index in [0.717, 1.165) is 60.0 Å². The average molecular weight is 571 g/mol. The summed E-state index contributed by atoms with van der Waals surface area (Å²) in [6.45, 7) is 7.88. The zero-order valence-corrected chi connectivity index (χ0v) is 24.5. The van der Waals surface area contributed by atoms with Gasteiger partial charge in [-0.1, -0.05) is 50.3 Å². The molecule has 3 aromatic rings. The van der Waals surface area contributed by atoms with Crippen LogP contribution in [0, 0.1) is 0 Å². The molecule has 3 aromatic carbocycles. The van der Waals surface area contributed by atoms with Crippen molar-refractivity contribution in [1.29, 1.82) is 0 Å². The Morgan fingerprint density at radius 3 is 2.64 bits per heavy atom. The highest BCUT2D eigenvalue weighted by atomic mass is 19.3. The lowest BCUT2D eigenvalue weighted by Crippen LogP contribution is -2.11. The van der Waals surface area contributed by atoms with E-state index in [9.17, 15) is 13.6 Å². The van der Waals surface area contributed by atoms with Crippen LogP contribution >= 0.6 is 0 Å². The fourth-order valence-electron chi connectivity index (χ4n) is 5.25. The molecule has 42 heavy (non-hydrogen) atoms. The second kappa shape index (κ2) is 13.8. The number of halogens is 2. The number of hydrogen-bond donors (Lipinski definition) is 3. The number of ketones is 1. The number of fused-ring (bicyclic) bond motifs is 1. The third-order valence-corrected chi connectivity index (χ3v) is 7.38. The van der Waals surface area contributed by atoms with E-state index in [1.165, 1.54) is 0 Å². The largest absolute Gasteiger partial charge is 0.356 e. The molecule has 1 aliphatic rings. The Hall–Kier alpha value is -3.94. The Kier molecular flexibility index (Phi) is 10.2. The molecule has 5 N–H and O–H groups in total. The van der Waals surface area contributed by atoms with Gasteiger partial charge in [-0.25, -0.2) is 8.78 Å². The van der Waals surface area contributed by atoms with Crippen LogP contribution in [-0.2, 0) is 25.2 Å². The first-order valence-corrected chi connectivity index (χ1v) is 14.5. The maximum Gasteiger partial charge on any atom is 0.271 e. The molecular weight excluding hydrogens is 530 g/mol. The van der Waals surface area contributed by atoms with Crippen LogP contribution in [0.5, 0.6) is 0 Å². The van der Waals surface area contributed by atoms with Crippen molar-refractivity contribution in [3.63, 3.8) is 0 Å². The van der Waals surface area contributed by atoms with Crippen LogP contribution in [0.25, 0.3) is 11.1 Å². The highest BCUT2D eigenvalue weighted by Crippen LogP contribution is 2.42. The van der Waals surface area contributed by atoms with Crippen molar-refractivity contribution in [2.24, 2.45) is 16.5 Å². The zero-order valence-electron chi connectivity index (χ0n) is 24.5. The number of allylic oxidation sites excluding steroid dienone is 1. The highest BCUT2D eigenvalue weighted by molar-refractivity contribution is 5.98. The number of anilines is 1. The number of carbonyl (C=O) groups is 1. The van der Waals surface area contributed by atoms with Crippen molar-refractivity contribution in [3.8, 4) is 11.1 Å². The van der Waals surface area contributed by atoms with Crippen molar-refractivity contribution < 1.29 is 13.6 Å². The average Bonchev–Trinajstić information content (AvgIpc) is 3.37. The van der Waals surface area contributed by atoms with E-state index in [-0.39, 0.29) is 17.8 Å². The molecule has 0 bridgehead atoms. The third-order valence-electron chi connectivity index (χ3n) is 7.38. The summed E-state index contributed by atoms with van der Waals surface area (Å²) in [4.78, 5) is 18.1. The Labute approximate surface area is 247 Å². The number of Topliss-reactive ketones (excluding diaryl/α,β-unsaturated/α-hetero) is 1. The normalized spacial score (nSPS) is 12.9. The number of aliphatic imine (C=N–C) groups is 1. The van der Waals surface area contributed by atoms with Crippen LogP contribution in [0.1, 0.15) is 65.7 Å². The van der Waals surface area contributed by atoms with E-state index in [4.69, 9.17) is 16.5 Å². The molecule has 0 amide bonds. The second-order valence-corrected chi connectivity index (χ2v) is 10.9. The molecule has 1 heterocycles. The Morgan fingerprint density at radius 2 is 1.93 bits per heavy atom. The van der Waals surface area contributed by atoms with Gasteiger partial charge in [-0.15, -0.1) is 0 Å². The number of alkyl halides is 2. The van der Waals surface area contributed by atoms with Crippen molar-refractivity contribution in [2.75, 3.05) is 18.4 Å². The standard InChI is InChI=1S/C35H40F2N4O/c1-4-5-11-29-20-28-21-31(35(3,36)37)30(22-33(28)41-29)25-10-6-9-24(17-25)18-34(42)27-12-13-32(26(19-27)14-16-39)40-23(2)8-7-15-38/h6-10,12-13,17,19,21-22,40H,2,4-5,11,14-16,18,20,38-39H2,1,3H3/b8-7+. The predicted molar refractivity (Wildman–Crippen MR) is 170 cm³/mol. The molecule has 4 rings (SSSR count). The number of benzene rings is 3. The molecule has 0 saturated carbocycles. The van der Waals surface area contributed by atoms with Crippen LogP contribution in [0.2, 0.25) is 0 Å². The zero-order chi connectivity index (χ0) is 30.3. The van der Waals surface area contributed by atoms with Crippen molar-refractivity contribution in [1.82, 2.24) is 0 Å². The molecule has 0 atom stereocenters. The topological polar surface area (TPSA) is 93.5 Å². The number of nitrogens with two attached hydrogens (primary N) is 2. The highest BCUT2D eigenvalue weighted by Gasteiger charge is 2.31. The summed E-state index contributed by atoms with van der Waals surface area (Å²) in [6, 6.07) is 16.2. The van der Waals surface area contributed by atoms with Crippen molar-refractivity contribution >= 4 is 22.9 Å². The third kappa shape index (κ3) is 7.66. The molecule has 0 radical (unpaired) electrons. The molecule has 7 heteroatoms. The molecule has 5 nitrogen and oxygen atoms in total. The van der Waals surface area contributed by atoms with Crippen LogP contribution in [0.15, 0.2) is 84.0 Å². The van der Waals surface area contributed by atoms with Gasteiger partial charge in [0.25, 0.3) is 5.92 Å². The quantitative estimate of drug-likeness (QED) is 0.137. The summed E-state index contributed by atoms with van der Waals surface area (Å²) in [5, 5.41) is 3.25. The van der Waals surface area contributed by atoms with Gasteiger partial charge in [0.1, 0.15) is 0 Å². The van der Waals surface area contributed by atoms with Gasteiger partial charge in [0.2, 0.25) is 0 Å². The van der Waals surface area contributed by atoms with Gasteiger partial charge in [-0.2, -0.15) is 0 Å². The van der Waals surface area contributed by atoms with Crippen molar-refractivity contribution in [2.45, 2.75) is 58.3 Å². The van der Waals surface area contributed by atoms with Gasteiger partial charge in [0, 0.05) is 54.5 Å². The minimum absolute atomic E-state index is 0.0194. The van der Waals surface area contributed by atoms with E-state index in [0.29, 0.717) is 48.3 Å². The maximum atomic E-state index is 14.9. The monoisotopic (exact) mass is 570 g/mol. The molecule has 0 unspecified atom stereocenters. The smallest absolute Gasteiger partial charge is 0.271 e. The predicted octanol–water partition coefficient (Wildman–Crippen LogP) is 7.65. The van der Waals surface area contributed by atoms with E-state index in [1.54, 1.807) is 30.4 Å². The van der Waals surface area contributed by atoms with E-state index in [2.05, 4.69) is 18.8 Å². The number of carbonyl (C=O) groups excluding carboxylic acids is 1. The van der Waals surface area contributed by atoms with E-state index in [1.807, 2.05) is 36.4 Å². The summed E-state index contributed by atoms with van der Waals surface area (Å²) < 4.78 is 29.7. The maximum absolute atomic E-state index is 14.9. The second-order valence-electron chi connectivity index (χ2n) is 10.9. The van der Waals surface area contributed by atoms with Crippen LogP contribution in [-0.4, -0.2) is 24.6 Å². The first-order valence-electron chi connectivity index (χ1n) is 14.5. The first kappa shape index (κ1) is 31.0. The Balaban J connectivity index is 1.60. The minimum Gasteiger partial charge on any atom is -0.356 e. The van der Waals surface area contributed by atoms with Crippen molar-refractivity contribution in [3.05, 3.63) is 107 Å². The SMILES string of the molecule is C=C(/C=C/CN)Nc1ccc(C(=O)Cc2cccc(-c3cc4c(cc3C(C)(F)F)CC(CCCC)=N4)c2)cc1CCN. The summed E-state index contributed by atoms with van der Waals surface area (Å²) in [5.41, 5.74) is 18.8. The molecule has 0 fully saturated rings. The number of hydrogen-bond acceptors (Lipinski definition) is 5. The molecule has 0 saturated heterocycles. The minimum atomic E-state index is -3.02. The lowest BCUT2D eigenvalue weighted by Gasteiger charge is -2.18. The molecule has 0 aromatic heterocycles. The fourth-order valence-corrected chi connectivity index (χ4v) is 5.25. The molecular formula is C35H40F2N4O.